The van der Waals surface area contributed by atoms with Crippen LogP contribution in [0.4, 0.5) is 5.69 Å². The molecule has 8 heteroatoms. The highest BCUT2D eigenvalue weighted by molar-refractivity contribution is 6.26. The van der Waals surface area contributed by atoms with Gasteiger partial charge < -0.3 is 12.4 Å². The van der Waals surface area contributed by atoms with Gasteiger partial charge in [0.2, 0.25) is 0 Å². The topological polar surface area (TPSA) is 64.8 Å². The molecule has 0 spiro atoms. The van der Waals surface area contributed by atoms with Gasteiger partial charge in [0.05, 0.1) is 11.1 Å². The number of hydrogen-bond acceptors (Lipinski definition) is 4. The minimum Gasteiger partial charge on any atom is -1.00 e. The van der Waals surface area contributed by atoms with Gasteiger partial charge in [-0.25, -0.2) is 0 Å². The summed E-state index contributed by atoms with van der Waals surface area (Å²) < 4.78 is 1.92. The van der Waals surface area contributed by atoms with Crippen molar-refractivity contribution in [2.24, 2.45) is 5.22 Å². The Hall–Kier alpha value is -2.18. The van der Waals surface area contributed by atoms with Crippen molar-refractivity contribution in [2.45, 2.75) is 0 Å². The summed E-state index contributed by atoms with van der Waals surface area (Å²) in [5.41, 5.74) is 1.94. The number of carbonyl (C=O) groups excluding carboxylic acids is 2. The fourth-order valence-corrected chi connectivity index (χ4v) is 3.30. The summed E-state index contributed by atoms with van der Waals surface area (Å²) in [6.07, 6.45) is 0. The fourth-order valence-electron chi connectivity index (χ4n) is 3.11. The molecule has 0 aliphatic carbocycles. The number of nitrogens with one attached hydrogen (secondary N) is 1. The highest BCUT2D eigenvalue weighted by Crippen LogP contribution is 2.34. The number of rotatable bonds is 3. The van der Waals surface area contributed by atoms with Crippen molar-refractivity contribution in [1.29, 1.82) is 0 Å². The van der Waals surface area contributed by atoms with Crippen molar-refractivity contribution in [1.82, 2.24) is 5.32 Å². The van der Waals surface area contributed by atoms with E-state index < -0.39 is 0 Å². The number of anilines is 1. The lowest BCUT2D eigenvalue weighted by Gasteiger charge is -2.18. The van der Waals surface area contributed by atoms with Crippen LogP contribution in [-0.4, -0.2) is 42.0 Å². The van der Waals surface area contributed by atoms with E-state index in [0.29, 0.717) is 28.9 Å². The lowest BCUT2D eigenvalue weighted by molar-refractivity contribution is -0.575. The second-order valence-corrected chi connectivity index (χ2v) is 5.88. The lowest BCUT2D eigenvalue weighted by atomic mass is 9.94. The average Bonchev–Trinajstić information content (AvgIpc) is 3.01. The van der Waals surface area contributed by atoms with Crippen LogP contribution in [0, 0.1) is 0 Å². The van der Waals surface area contributed by atoms with E-state index in [1.165, 1.54) is 0 Å². The summed E-state index contributed by atoms with van der Waals surface area (Å²) in [4.78, 5) is 24.1. The Morgan fingerprint density at radius 2 is 1.92 bits per heavy atom. The van der Waals surface area contributed by atoms with Gasteiger partial charge in [0, 0.05) is 21.9 Å². The van der Waals surface area contributed by atoms with Gasteiger partial charge in [-0.05, 0) is 24.3 Å². The third-order valence-electron chi connectivity index (χ3n) is 4.16. The molecule has 0 unspecified atom stereocenters. The molecule has 2 aromatic rings. The Labute approximate surface area is 149 Å². The van der Waals surface area contributed by atoms with Gasteiger partial charge in [0.25, 0.3) is 11.8 Å². The molecule has 1 N–H and O–H groups in total. The van der Waals surface area contributed by atoms with E-state index in [0.717, 1.165) is 24.2 Å². The Kier molecular flexibility index (Phi) is 4.43. The third kappa shape index (κ3) is 2.52. The zero-order valence-corrected chi connectivity index (χ0v) is 14.1. The van der Waals surface area contributed by atoms with Gasteiger partial charge in [-0.3, -0.25) is 14.9 Å². The van der Waals surface area contributed by atoms with Gasteiger partial charge in [-0.15, -0.1) is 16.6 Å². The van der Waals surface area contributed by atoms with Crippen LogP contribution in [0.5, 0.6) is 0 Å². The monoisotopic (exact) mass is 364 g/mol. The normalized spacial score (nSPS) is 16.0. The average molecular weight is 365 g/mol. The molecule has 2 aliphatic rings. The number of halogens is 2. The Bertz CT molecular complexity index is 862. The fraction of sp³-hybridized carbons (Fsp3) is 0.250. The molecule has 124 valence electrons. The number of amides is 2. The first kappa shape index (κ1) is 16.7. The molecule has 2 aromatic carbocycles. The van der Waals surface area contributed by atoms with Crippen LogP contribution in [0.15, 0.2) is 35.6 Å². The quantitative estimate of drug-likeness (QED) is 0.439. The SMILES string of the molecule is O=C1NC(=O)c2ccc(N3CC[N+](CCCl)=N3)c3cccc1c23.[Cl-]. The molecule has 24 heavy (non-hydrogen) atoms. The third-order valence-corrected chi connectivity index (χ3v) is 4.33. The summed E-state index contributed by atoms with van der Waals surface area (Å²) in [6, 6.07) is 9.11. The summed E-state index contributed by atoms with van der Waals surface area (Å²) >= 11 is 5.77. The molecule has 0 aromatic heterocycles. The first-order valence-electron chi connectivity index (χ1n) is 7.40. The molecule has 2 amide bonds. The van der Waals surface area contributed by atoms with E-state index in [2.05, 4.69) is 10.5 Å². The molecular formula is C16H14Cl2N4O2. The van der Waals surface area contributed by atoms with E-state index in [4.69, 9.17) is 11.6 Å². The zero-order valence-electron chi connectivity index (χ0n) is 12.6. The molecule has 0 saturated heterocycles. The molecule has 4 rings (SSSR count). The largest absolute Gasteiger partial charge is 1.00 e. The van der Waals surface area contributed by atoms with Crippen LogP contribution in [0.1, 0.15) is 20.7 Å². The summed E-state index contributed by atoms with van der Waals surface area (Å²) in [5, 5.41) is 10.4. The molecule has 0 radical (unpaired) electrons. The highest BCUT2D eigenvalue weighted by Gasteiger charge is 2.30. The summed E-state index contributed by atoms with van der Waals surface area (Å²) in [5.74, 6) is -0.185. The van der Waals surface area contributed by atoms with E-state index in [9.17, 15) is 9.59 Å². The van der Waals surface area contributed by atoms with E-state index in [1.807, 2.05) is 27.9 Å². The number of benzene rings is 2. The van der Waals surface area contributed by atoms with Crippen LogP contribution in [0.2, 0.25) is 0 Å². The summed E-state index contributed by atoms with van der Waals surface area (Å²) in [6.45, 7) is 2.24. The molecule has 2 aliphatic heterocycles. The molecule has 0 saturated carbocycles. The Morgan fingerprint density at radius 3 is 2.67 bits per heavy atom. The van der Waals surface area contributed by atoms with Gasteiger partial charge in [-0.2, -0.15) is 4.70 Å². The molecule has 6 nitrogen and oxygen atoms in total. The second kappa shape index (κ2) is 6.37. The van der Waals surface area contributed by atoms with Gasteiger partial charge in [-0.1, -0.05) is 6.07 Å². The molecule has 0 bridgehead atoms. The van der Waals surface area contributed by atoms with Gasteiger partial charge in [0.15, 0.2) is 12.2 Å². The maximum Gasteiger partial charge on any atom is 0.258 e. The Morgan fingerprint density at radius 1 is 1.17 bits per heavy atom. The van der Waals surface area contributed by atoms with Crippen LogP contribution >= 0.6 is 11.6 Å². The standard InChI is InChI=1S/C16H13ClN4O2.ClH/c17-6-7-20-8-9-21(19-20)13-5-4-12-14-10(13)2-1-3-11(14)15(22)18-16(12)23;/h1-5H,6-9H2;1H. The predicted octanol–water partition coefficient (Wildman–Crippen LogP) is -0.834. The van der Waals surface area contributed by atoms with Crippen molar-refractivity contribution >= 4 is 39.9 Å². The number of hydrogen-bond donors (Lipinski definition) is 1. The first-order chi connectivity index (χ1) is 11.2. The molecular weight excluding hydrogens is 351 g/mol. The van der Waals surface area contributed by atoms with E-state index >= 15 is 0 Å². The second-order valence-electron chi connectivity index (χ2n) is 5.50. The van der Waals surface area contributed by atoms with Crippen molar-refractivity contribution in [3.63, 3.8) is 0 Å². The smallest absolute Gasteiger partial charge is 0.258 e. The number of nitrogens with zero attached hydrogens (tertiary/aromatic N) is 3. The minimum atomic E-state index is -0.354. The van der Waals surface area contributed by atoms with Gasteiger partial charge >= 0.3 is 0 Å². The van der Waals surface area contributed by atoms with Gasteiger partial charge in [0.1, 0.15) is 13.1 Å². The lowest BCUT2D eigenvalue weighted by Crippen LogP contribution is -3.00. The minimum absolute atomic E-state index is 0. The predicted molar refractivity (Wildman–Crippen MR) is 86.2 cm³/mol. The van der Waals surface area contributed by atoms with Crippen molar-refractivity contribution < 1.29 is 26.7 Å². The van der Waals surface area contributed by atoms with Crippen LogP contribution in [-0.2, 0) is 0 Å². The van der Waals surface area contributed by atoms with E-state index in [-0.39, 0.29) is 24.2 Å². The van der Waals surface area contributed by atoms with Crippen molar-refractivity contribution in [3.05, 3.63) is 41.5 Å². The number of carbonyl (C=O) groups is 2. The number of alkyl halides is 1. The maximum absolute atomic E-state index is 12.1. The van der Waals surface area contributed by atoms with Crippen LogP contribution in [0.3, 0.4) is 0 Å². The number of imide groups is 1. The highest BCUT2D eigenvalue weighted by atomic mass is 35.5. The zero-order chi connectivity index (χ0) is 16.0. The first-order valence-corrected chi connectivity index (χ1v) is 7.94. The summed E-state index contributed by atoms with van der Waals surface area (Å²) in [7, 11) is 0. The van der Waals surface area contributed by atoms with Crippen molar-refractivity contribution in [2.75, 3.05) is 30.5 Å². The molecule has 2 heterocycles. The molecule has 0 atom stereocenters. The molecule has 0 fully saturated rings. The van der Waals surface area contributed by atoms with E-state index in [1.54, 1.807) is 12.1 Å². The van der Waals surface area contributed by atoms with Crippen molar-refractivity contribution in [3.8, 4) is 0 Å². The Balaban J connectivity index is 0.00000169. The maximum atomic E-state index is 12.1. The van der Waals surface area contributed by atoms with Crippen LogP contribution < -0.4 is 22.7 Å². The van der Waals surface area contributed by atoms with Crippen LogP contribution in [0.25, 0.3) is 10.8 Å².